The second-order valence-electron chi connectivity index (χ2n) is 4.51. The van der Waals surface area contributed by atoms with E-state index in [-0.39, 0.29) is 10.9 Å². The number of amides is 1. The number of para-hydroxylation sites is 1. The van der Waals surface area contributed by atoms with E-state index in [9.17, 15) is 9.18 Å². The Labute approximate surface area is 128 Å². The van der Waals surface area contributed by atoms with E-state index in [1.165, 1.54) is 18.2 Å². The van der Waals surface area contributed by atoms with Crippen molar-refractivity contribution >= 4 is 29.3 Å². The van der Waals surface area contributed by atoms with Crippen LogP contribution in [0.3, 0.4) is 0 Å². The van der Waals surface area contributed by atoms with Gasteiger partial charge in [-0.25, -0.2) is 4.39 Å². The minimum atomic E-state index is -0.477. The van der Waals surface area contributed by atoms with Gasteiger partial charge in [0.15, 0.2) is 0 Å². The normalized spacial score (nSPS) is 10.8. The Kier molecular flexibility index (Phi) is 5.12. The summed E-state index contributed by atoms with van der Waals surface area (Å²) in [6.45, 7) is 2.03. The van der Waals surface area contributed by atoms with Crippen LogP contribution in [0.15, 0.2) is 48.5 Å². The summed E-state index contributed by atoms with van der Waals surface area (Å²) in [5.41, 5.74) is 2.54. The van der Waals surface area contributed by atoms with Gasteiger partial charge in [-0.05, 0) is 41.8 Å². The van der Waals surface area contributed by atoms with E-state index in [4.69, 9.17) is 11.6 Å². The number of rotatable bonds is 4. The first kappa shape index (κ1) is 15.3. The highest BCUT2D eigenvalue weighted by Gasteiger charge is 2.03. The van der Waals surface area contributed by atoms with Crippen molar-refractivity contribution in [1.29, 1.82) is 0 Å². The van der Waals surface area contributed by atoms with Crippen molar-refractivity contribution in [2.75, 3.05) is 5.32 Å². The van der Waals surface area contributed by atoms with Crippen LogP contribution in [0.25, 0.3) is 6.08 Å². The van der Waals surface area contributed by atoms with E-state index in [1.807, 2.05) is 31.2 Å². The van der Waals surface area contributed by atoms with Gasteiger partial charge in [0.25, 0.3) is 0 Å². The molecule has 0 heterocycles. The number of halogens is 2. The van der Waals surface area contributed by atoms with Gasteiger partial charge in [-0.3, -0.25) is 4.79 Å². The summed E-state index contributed by atoms with van der Waals surface area (Å²) in [5.74, 6) is -0.716. The number of carbonyl (C=O) groups is 1. The lowest BCUT2D eigenvalue weighted by atomic mass is 10.1. The summed E-state index contributed by atoms with van der Waals surface area (Å²) < 4.78 is 13.0. The maximum absolute atomic E-state index is 13.0. The molecule has 4 heteroatoms. The van der Waals surface area contributed by atoms with E-state index < -0.39 is 5.82 Å². The highest BCUT2D eigenvalue weighted by Crippen LogP contribution is 2.18. The van der Waals surface area contributed by atoms with Crippen molar-refractivity contribution in [1.82, 2.24) is 0 Å². The molecule has 0 atom stereocenters. The van der Waals surface area contributed by atoms with E-state index >= 15 is 0 Å². The van der Waals surface area contributed by atoms with E-state index in [1.54, 1.807) is 12.1 Å². The molecule has 0 saturated heterocycles. The average Bonchev–Trinajstić information content (AvgIpc) is 2.49. The van der Waals surface area contributed by atoms with Gasteiger partial charge in [0.1, 0.15) is 5.82 Å². The molecular formula is C17H15ClFNO. The molecule has 0 spiro atoms. The zero-order chi connectivity index (χ0) is 15.2. The maximum Gasteiger partial charge on any atom is 0.248 e. The number of hydrogen-bond acceptors (Lipinski definition) is 1. The fraction of sp³-hybridized carbons (Fsp3) is 0.118. The summed E-state index contributed by atoms with van der Waals surface area (Å²) in [5, 5.41) is 2.86. The van der Waals surface area contributed by atoms with Crippen LogP contribution in [0.1, 0.15) is 18.1 Å². The Morgan fingerprint density at radius 2 is 2.05 bits per heavy atom. The quantitative estimate of drug-likeness (QED) is 0.815. The Balaban J connectivity index is 2.07. The van der Waals surface area contributed by atoms with E-state index in [0.29, 0.717) is 5.56 Å². The molecule has 1 amide bonds. The predicted octanol–water partition coefficient (Wildman–Crippen LogP) is 4.69. The third kappa shape index (κ3) is 4.17. The fourth-order valence-electron chi connectivity index (χ4n) is 1.91. The van der Waals surface area contributed by atoms with Crippen molar-refractivity contribution < 1.29 is 9.18 Å². The fourth-order valence-corrected chi connectivity index (χ4v) is 2.10. The number of anilines is 1. The molecular weight excluding hydrogens is 289 g/mol. The SMILES string of the molecule is CCc1ccccc1NC(=O)/C=C/c1ccc(F)c(Cl)c1. The summed E-state index contributed by atoms with van der Waals surface area (Å²) in [7, 11) is 0. The van der Waals surface area contributed by atoms with Gasteiger partial charge in [-0.2, -0.15) is 0 Å². The van der Waals surface area contributed by atoms with Gasteiger partial charge in [0.05, 0.1) is 5.02 Å². The molecule has 0 bridgehead atoms. The number of aryl methyl sites for hydroxylation is 1. The van der Waals surface area contributed by atoms with E-state index in [2.05, 4.69) is 5.32 Å². The molecule has 2 aromatic carbocycles. The second-order valence-corrected chi connectivity index (χ2v) is 4.91. The minimum Gasteiger partial charge on any atom is -0.322 e. The van der Waals surface area contributed by atoms with Gasteiger partial charge >= 0.3 is 0 Å². The molecule has 0 unspecified atom stereocenters. The molecule has 2 rings (SSSR count). The molecule has 0 fully saturated rings. The Morgan fingerprint density at radius 3 is 2.76 bits per heavy atom. The summed E-state index contributed by atoms with van der Waals surface area (Å²) in [4.78, 5) is 11.9. The van der Waals surface area contributed by atoms with Crippen LogP contribution in [0.5, 0.6) is 0 Å². The number of hydrogen-bond donors (Lipinski definition) is 1. The highest BCUT2D eigenvalue weighted by atomic mass is 35.5. The first-order valence-corrected chi connectivity index (χ1v) is 7.00. The van der Waals surface area contributed by atoms with Gasteiger partial charge in [0, 0.05) is 11.8 Å². The van der Waals surface area contributed by atoms with Gasteiger partial charge < -0.3 is 5.32 Å². The van der Waals surface area contributed by atoms with Crippen LogP contribution in [-0.4, -0.2) is 5.91 Å². The lowest BCUT2D eigenvalue weighted by Gasteiger charge is -2.07. The van der Waals surface area contributed by atoms with Gasteiger partial charge in [-0.1, -0.05) is 42.8 Å². The van der Waals surface area contributed by atoms with Crippen LogP contribution in [0.2, 0.25) is 5.02 Å². The van der Waals surface area contributed by atoms with Crippen molar-refractivity contribution in [3.63, 3.8) is 0 Å². The molecule has 108 valence electrons. The maximum atomic E-state index is 13.0. The standard InChI is InChI=1S/C17H15ClFNO/c1-2-13-5-3-4-6-16(13)20-17(21)10-8-12-7-9-15(19)14(18)11-12/h3-11H,2H2,1H3,(H,20,21)/b10-8+. The summed E-state index contributed by atoms with van der Waals surface area (Å²) >= 11 is 5.69. The zero-order valence-corrected chi connectivity index (χ0v) is 12.3. The predicted molar refractivity (Wildman–Crippen MR) is 84.9 cm³/mol. The number of nitrogens with one attached hydrogen (secondary N) is 1. The second kappa shape index (κ2) is 7.04. The molecule has 0 aromatic heterocycles. The lowest BCUT2D eigenvalue weighted by molar-refractivity contribution is -0.111. The third-order valence-corrected chi connectivity index (χ3v) is 3.32. The van der Waals surface area contributed by atoms with Crippen molar-refractivity contribution in [2.24, 2.45) is 0 Å². The van der Waals surface area contributed by atoms with E-state index in [0.717, 1.165) is 17.7 Å². The van der Waals surface area contributed by atoms with Crippen molar-refractivity contribution in [2.45, 2.75) is 13.3 Å². The van der Waals surface area contributed by atoms with Gasteiger partial charge in [0.2, 0.25) is 5.91 Å². The van der Waals surface area contributed by atoms with Crippen LogP contribution in [0.4, 0.5) is 10.1 Å². The molecule has 2 nitrogen and oxygen atoms in total. The van der Waals surface area contributed by atoms with Crippen LogP contribution in [-0.2, 0) is 11.2 Å². The molecule has 0 aliphatic rings. The van der Waals surface area contributed by atoms with Crippen LogP contribution < -0.4 is 5.32 Å². The largest absolute Gasteiger partial charge is 0.322 e. The highest BCUT2D eigenvalue weighted by molar-refractivity contribution is 6.30. The summed E-state index contributed by atoms with van der Waals surface area (Å²) in [6.07, 6.45) is 3.83. The minimum absolute atomic E-state index is 0.0360. The molecule has 1 N–H and O–H groups in total. The average molecular weight is 304 g/mol. The molecule has 0 radical (unpaired) electrons. The van der Waals surface area contributed by atoms with Gasteiger partial charge in [-0.15, -0.1) is 0 Å². The first-order valence-electron chi connectivity index (χ1n) is 6.62. The topological polar surface area (TPSA) is 29.1 Å². The molecule has 21 heavy (non-hydrogen) atoms. The molecule has 0 aliphatic carbocycles. The molecule has 2 aromatic rings. The number of carbonyl (C=O) groups excluding carboxylic acids is 1. The molecule has 0 saturated carbocycles. The summed E-state index contributed by atoms with van der Waals surface area (Å²) in [6, 6.07) is 11.9. The van der Waals surface area contributed by atoms with Crippen LogP contribution in [0, 0.1) is 5.82 Å². The van der Waals surface area contributed by atoms with Crippen LogP contribution >= 0.6 is 11.6 Å². The lowest BCUT2D eigenvalue weighted by Crippen LogP contribution is -2.09. The Morgan fingerprint density at radius 1 is 1.29 bits per heavy atom. The Bertz CT molecular complexity index is 682. The van der Waals surface area contributed by atoms with Crippen molar-refractivity contribution in [3.05, 3.63) is 70.5 Å². The number of benzene rings is 2. The Hall–Kier alpha value is -2.13. The molecule has 0 aliphatic heterocycles. The monoisotopic (exact) mass is 303 g/mol. The van der Waals surface area contributed by atoms with Crippen molar-refractivity contribution in [3.8, 4) is 0 Å². The smallest absolute Gasteiger partial charge is 0.248 e. The third-order valence-electron chi connectivity index (χ3n) is 3.03. The first-order chi connectivity index (χ1) is 10.1. The zero-order valence-electron chi connectivity index (χ0n) is 11.6.